The lowest BCUT2D eigenvalue weighted by Crippen LogP contribution is -2.52. The maximum absolute atomic E-state index is 13.5. The molecule has 9 heteroatoms. The molecule has 2 aromatic rings. The number of amides is 1. The molecular weight excluding hydrogens is 488 g/mol. The van der Waals surface area contributed by atoms with E-state index < -0.39 is 22.2 Å². The van der Waals surface area contributed by atoms with Crippen molar-refractivity contribution in [3.63, 3.8) is 0 Å². The summed E-state index contributed by atoms with van der Waals surface area (Å²) < 4.78 is 26.9. The van der Waals surface area contributed by atoms with Crippen molar-refractivity contribution in [1.82, 2.24) is 10.6 Å². The molecule has 1 fully saturated rings. The van der Waals surface area contributed by atoms with Gasteiger partial charge in [-0.05, 0) is 70.2 Å². The van der Waals surface area contributed by atoms with Crippen molar-refractivity contribution >= 4 is 27.3 Å². The molecule has 0 saturated carbocycles. The monoisotopic (exact) mass is 530 g/mol. The van der Waals surface area contributed by atoms with Gasteiger partial charge in [-0.1, -0.05) is 37.3 Å². The van der Waals surface area contributed by atoms with Crippen LogP contribution in [0.5, 0.6) is 0 Å². The molecule has 204 valence electrons. The van der Waals surface area contributed by atoms with Crippen LogP contribution in [0.25, 0.3) is 0 Å². The van der Waals surface area contributed by atoms with Gasteiger partial charge in [-0.3, -0.25) is 9.10 Å². The van der Waals surface area contributed by atoms with E-state index >= 15 is 0 Å². The molecule has 0 spiro atoms. The van der Waals surface area contributed by atoms with Crippen LogP contribution in [0.15, 0.2) is 48.5 Å². The number of hydrogen-bond donors (Lipinski definition) is 4. The first kappa shape index (κ1) is 28.9. The highest BCUT2D eigenvalue weighted by atomic mass is 32.2. The third-order valence-electron chi connectivity index (χ3n) is 6.95. The van der Waals surface area contributed by atoms with Crippen molar-refractivity contribution in [2.75, 3.05) is 35.0 Å². The van der Waals surface area contributed by atoms with Crippen molar-refractivity contribution in [3.05, 3.63) is 59.7 Å². The van der Waals surface area contributed by atoms with Gasteiger partial charge in [-0.15, -0.1) is 0 Å². The standard InChI is InChI=1S/C28H42N4O4S/c1-5-28(3,4)30-20-26(33)25(16-21-12-8-7-9-13-21)31-27(34)22-17-23(29-6-2)19-24(18-22)32-14-10-11-15-37(32,35)36/h7-9,12-13,17-19,25-26,29-30,33H,5-6,10-11,14-16,20H2,1-4H3,(H,31,34)/t25-,26+/m0/s1. The van der Waals surface area contributed by atoms with E-state index in [-0.39, 0.29) is 17.2 Å². The van der Waals surface area contributed by atoms with Crippen molar-refractivity contribution in [2.24, 2.45) is 0 Å². The molecule has 0 aliphatic carbocycles. The number of carbonyl (C=O) groups excluding carboxylic acids is 1. The lowest BCUT2D eigenvalue weighted by atomic mass is 9.98. The first-order valence-corrected chi connectivity index (χ1v) is 14.8. The maximum Gasteiger partial charge on any atom is 0.251 e. The highest BCUT2D eigenvalue weighted by Crippen LogP contribution is 2.28. The van der Waals surface area contributed by atoms with E-state index in [1.807, 2.05) is 37.3 Å². The molecule has 0 bridgehead atoms. The van der Waals surface area contributed by atoms with Crippen LogP contribution in [0.1, 0.15) is 62.9 Å². The summed E-state index contributed by atoms with van der Waals surface area (Å²) in [6.45, 7) is 9.53. The van der Waals surface area contributed by atoms with E-state index in [9.17, 15) is 18.3 Å². The number of sulfonamides is 1. The quantitative estimate of drug-likeness (QED) is 0.334. The number of aliphatic hydroxyl groups is 1. The van der Waals surface area contributed by atoms with Crippen LogP contribution in [0.4, 0.5) is 11.4 Å². The highest BCUT2D eigenvalue weighted by molar-refractivity contribution is 7.92. The number of nitrogens with one attached hydrogen (secondary N) is 3. The Morgan fingerprint density at radius 2 is 1.84 bits per heavy atom. The summed E-state index contributed by atoms with van der Waals surface area (Å²) in [5, 5.41) is 20.7. The van der Waals surface area contributed by atoms with E-state index in [2.05, 4.69) is 36.7 Å². The van der Waals surface area contributed by atoms with Crippen LogP contribution >= 0.6 is 0 Å². The lowest BCUT2D eigenvalue weighted by Gasteiger charge is -2.31. The zero-order chi connectivity index (χ0) is 27.1. The van der Waals surface area contributed by atoms with Gasteiger partial charge >= 0.3 is 0 Å². The van der Waals surface area contributed by atoms with E-state index in [0.717, 1.165) is 18.4 Å². The third-order valence-corrected chi connectivity index (χ3v) is 8.82. The van der Waals surface area contributed by atoms with Crippen LogP contribution in [0.3, 0.4) is 0 Å². The van der Waals surface area contributed by atoms with Crippen molar-refractivity contribution < 1.29 is 18.3 Å². The Morgan fingerprint density at radius 3 is 2.49 bits per heavy atom. The maximum atomic E-state index is 13.5. The molecule has 2 aromatic carbocycles. The van der Waals surface area contributed by atoms with Gasteiger partial charge in [0.1, 0.15) is 0 Å². The van der Waals surface area contributed by atoms with Crippen LogP contribution in [-0.4, -0.2) is 62.5 Å². The summed E-state index contributed by atoms with van der Waals surface area (Å²) in [4.78, 5) is 13.5. The van der Waals surface area contributed by atoms with Crippen molar-refractivity contribution in [1.29, 1.82) is 0 Å². The average molecular weight is 531 g/mol. The van der Waals surface area contributed by atoms with Gasteiger partial charge in [0.05, 0.1) is 23.6 Å². The molecule has 8 nitrogen and oxygen atoms in total. The second kappa shape index (κ2) is 12.8. The summed E-state index contributed by atoms with van der Waals surface area (Å²) in [7, 11) is -3.43. The second-order valence-corrected chi connectivity index (χ2v) is 12.4. The molecule has 3 rings (SSSR count). The Balaban J connectivity index is 1.88. The van der Waals surface area contributed by atoms with Crippen LogP contribution < -0.4 is 20.3 Å². The lowest BCUT2D eigenvalue weighted by molar-refractivity contribution is 0.0813. The number of nitrogens with zero attached hydrogens (tertiary/aromatic N) is 1. The first-order valence-electron chi connectivity index (χ1n) is 13.2. The van der Waals surface area contributed by atoms with Gasteiger partial charge < -0.3 is 21.1 Å². The molecule has 1 saturated heterocycles. The second-order valence-electron chi connectivity index (χ2n) is 10.3. The summed E-state index contributed by atoms with van der Waals surface area (Å²) in [6.07, 6.45) is 1.95. The molecule has 1 amide bonds. The van der Waals surface area contributed by atoms with E-state index in [1.165, 1.54) is 4.31 Å². The molecule has 0 radical (unpaired) electrons. The van der Waals surface area contributed by atoms with Gasteiger partial charge in [0, 0.05) is 36.4 Å². The zero-order valence-corrected chi connectivity index (χ0v) is 23.3. The smallest absolute Gasteiger partial charge is 0.251 e. The number of β-amino-alcohol motifs (C(OH)–C–C–N with tert-alkyl or cyclic N) is 1. The van der Waals surface area contributed by atoms with Crippen molar-refractivity contribution in [3.8, 4) is 0 Å². The molecule has 2 atom stereocenters. The SMILES string of the molecule is CCNc1cc(C(=O)N[C@@H](Cc2ccccc2)[C@H](O)CNC(C)(C)CC)cc(N2CCCCS2(=O)=O)c1. The largest absolute Gasteiger partial charge is 0.390 e. The molecule has 0 unspecified atom stereocenters. The van der Waals surface area contributed by atoms with Gasteiger partial charge in [-0.25, -0.2) is 8.42 Å². The minimum absolute atomic E-state index is 0.104. The molecule has 0 aromatic heterocycles. The Kier molecular flexibility index (Phi) is 9.98. The Hall–Kier alpha value is -2.62. The predicted octanol–water partition coefficient (Wildman–Crippen LogP) is 3.53. The van der Waals surface area contributed by atoms with E-state index in [0.29, 0.717) is 49.4 Å². The average Bonchev–Trinajstić information content (AvgIpc) is 2.87. The summed E-state index contributed by atoms with van der Waals surface area (Å²) in [6, 6.07) is 14.3. The molecule has 1 aliphatic heterocycles. The van der Waals surface area contributed by atoms with Gasteiger partial charge in [0.2, 0.25) is 10.0 Å². The number of carbonyl (C=O) groups is 1. The van der Waals surface area contributed by atoms with Crippen molar-refractivity contribution in [2.45, 2.75) is 71.1 Å². The normalized spacial score (nSPS) is 17.2. The molecule has 1 aliphatic rings. The zero-order valence-electron chi connectivity index (χ0n) is 22.5. The fourth-order valence-corrected chi connectivity index (χ4v) is 5.95. The molecule has 1 heterocycles. The minimum Gasteiger partial charge on any atom is -0.390 e. The van der Waals surface area contributed by atoms with E-state index in [4.69, 9.17) is 0 Å². The van der Waals surface area contributed by atoms with Gasteiger partial charge in [0.25, 0.3) is 5.91 Å². The predicted molar refractivity (Wildman–Crippen MR) is 151 cm³/mol. The van der Waals surface area contributed by atoms with Crippen LogP contribution in [-0.2, 0) is 16.4 Å². The minimum atomic E-state index is -3.43. The number of rotatable bonds is 12. The van der Waals surface area contributed by atoms with E-state index in [1.54, 1.807) is 18.2 Å². The van der Waals surface area contributed by atoms with Crippen LogP contribution in [0, 0.1) is 0 Å². The fraction of sp³-hybridized carbons (Fsp3) is 0.536. The summed E-state index contributed by atoms with van der Waals surface area (Å²) >= 11 is 0. The van der Waals surface area contributed by atoms with Gasteiger partial charge in [0.15, 0.2) is 0 Å². The molecule has 4 N–H and O–H groups in total. The molecule has 37 heavy (non-hydrogen) atoms. The Bertz CT molecular complexity index is 1140. The third kappa shape index (κ3) is 8.18. The first-order chi connectivity index (χ1) is 17.5. The Labute approximate surface area is 221 Å². The number of aliphatic hydroxyl groups excluding tert-OH is 1. The Morgan fingerprint density at radius 1 is 1.11 bits per heavy atom. The fourth-order valence-electron chi connectivity index (χ4n) is 4.32. The topological polar surface area (TPSA) is 111 Å². The summed E-state index contributed by atoms with van der Waals surface area (Å²) in [5.41, 5.74) is 2.37. The van der Waals surface area contributed by atoms with Gasteiger partial charge in [-0.2, -0.15) is 0 Å². The highest BCUT2D eigenvalue weighted by Gasteiger charge is 2.28. The summed E-state index contributed by atoms with van der Waals surface area (Å²) in [5.74, 6) is -0.253. The van der Waals surface area contributed by atoms with Crippen LogP contribution in [0.2, 0.25) is 0 Å². The number of benzene rings is 2. The molecular formula is C28H42N4O4S. The number of hydrogen-bond acceptors (Lipinski definition) is 6. The number of anilines is 2.